The van der Waals surface area contributed by atoms with Crippen LogP contribution in [0.4, 0.5) is 0 Å². The van der Waals surface area contributed by atoms with Crippen LogP contribution < -0.4 is 14.2 Å². The Morgan fingerprint density at radius 2 is 1.53 bits per heavy atom. The maximum Gasteiger partial charge on any atom is 0.343 e. The van der Waals surface area contributed by atoms with Crippen LogP contribution in [0.2, 0.25) is 0 Å². The summed E-state index contributed by atoms with van der Waals surface area (Å²) in [6.45, 7) is 5.11. The molecule has 3 rings (SSSR count). The molecule has 0 fully saturated rings. The molecular weight excluding hydrogens is 500 g/mol. The zero-order valence-corrected chi connectivity index (χ0v) is 20.7. The average molecular weight is 527 g/mol. The Bertz CT molecular complexity index is 1100. The van der Waals surface area contributed by atoms with Gasteiger partial charge in [-0.3, -0.25) is 0 Å². The second-order valence-electron chi connectivity index (χ2n) is 7.86. The van der Waals surface area contributed by atoms with Crippen molar-refractivity contribution < 1.29 is 28.5 Å². The van der Waals surface area contributed by atoms with Crippen molar-refractivity contribution in [3.05, 3.63) is 88.4 Å². The molecule has 0 N–H and O–H groups in total. The standard InChI is InChI=1S/C27H27BrO6/c1-19(2)14-15-32-25-13-12-20(18-23(25)28)26(29)34-24-11-7-6-10-22(24)27(30)33-17-16-31-21-8-4-3-5-9-21/h3-13,18-19H,14-17H2,1-2H3. The van der Waals surface area contributed by atoms with Crippen molar-refractivity contribution in [3.63, 3.8) is 0 Å². The van der Waals surface area contributed by atoms with Gasteiger partial charge in [0.05, 0.1) is 16.6 Å². The van der Waals surface area contributed by atoms with E-state index in [0.29, 0.717) is 34.1 Å². The molecule has 6 nitrogen and oxygen atoms in total. The van der Waals surface area contributed by atoms with Crippen molar-refractivity contribution in [3.8, 4) is 17.2 Å². The predicted octanol–water partition coefficient (Wildman–Crippen LogP) is 6.33. The summed E-state index contributed by atoms with van der Waals surface area (Å²) in [6.07, 6.45) is 0.932. The molecule has 0 aromatic heterocycles. The Labute approximate surface area is 207 Å². The number of hydrogen-bond donors (Lipinski definition) is 0. The van der Waals surface area contributed by atoms with E-state index in [4.69, 9.17) is 18.9 Å². The number of rotatable bonds is 11. The Kier molecular flexibility index (Phi) is 9.52. The third-order valence-corrected chi connectivity index (χ3v) is 5.38. The van der Waals surface area contributed by atoms with E-state index in [1.807, 2.05) is 30.3 Å². The van der Waals surface area contributed by atoms with Crippen LogP contribution in [0.3, 0.4) is 0 Å². The highest BCUT2D eigenvalue weighted by Gasteiger charge is 2.18. The summed E-state index contributed by atoms with van der Waals surface area (Å²) in [4.78, 5) is 25.3. The molecule has 0 saturated carbocycles. The predicted molar refractivity (Wildman–Crippen MR) is 133 cm³/mol. The summed E-state index contributed by atoms with van der Waals surface area (Å²) in [6, 6.07) is 20.7. The smallest absolute Gasteiger partial charge is 0.343 e. The monoisotopic (exact) mass is 526 g/mol. The number of halogens is 1. The lowest BCUT2D eigenvalue weighted by Crippen LogP contribution is -2.15. The van der Waals surface area contributed by atoms with E-state index in [1.165, 1.54) is 0 Å². The van der Waals surface area contributed by atoms with Gasteiger partial charge in [-0.25, -0.2) is 9.59 Å². The number of hydrogen-bond acceptors (Lipinski definition) is 6. The van der Waals surface area contributed by atoms with E-state index in [0.717, 1.165) is 6.42 Å². The Balaban J connectivity index is 1.57. The molecule has 0 aliphatic heterocycles. The molecule has 0 radical (unpaired) electrons. The highest BCUT2D eigenvalue weighted by Crippen LogP contribution is 2.28. The lowest BCUT2D eigenvalue weighted by molar-refractivity contribution is 0.0445. The van der Waals surface area contributed by atoms with Crippen molar-refractivity contribution in [1.82, 2.24) is 0 Å². The third-order valence-electron chi connectivity index (χ3n) is 4.76. The van der Waals surface area contributed by atoms with Gasteiger partial charge in [0.1, 0.15) is 36.0 Å². The summed E-state index contributed by atoms with van der Waals surface area (Å²) < 4.78 is 22.7. The summed E-state index contributed by atoms with van der Waals surface area (Å²) in [5.74, 6) is 0.803. The van der Waals surface area contributed by atoms with E-state index in [1.54, 1.807) is 42.5 Å². The SMILES string of the molecule is CC(C)CCOc1ccc(C(=O)Oc2ccccc2C(=O)OCCOc2ccccc2)cc1Br. The molecule has 3 aromatic carbocycles. The van der Waals surface area contributed by atoms with Crippen molar-refractivity contribution >= 4 is 27.9 Å². The number of carbonyl (C=O) groups is 2. The van der Waals surface area contributed by atoms with Gasteiger partial charge in [-0.1, -0.05) is 44.2 Å². The van der Waals surface area contributed by atoms with Crippen molar-refractivity contribution in [2.45, 2.75) is 20.3 Å². The normalized spacial score (nSPS) is 10.6. The van der Waals surface area contributed by atoms with Crippen LogP contribution >= 0.6 is 15.9 Å². The van der Waals surface area contributed by atoms with Crippen molar-refractivity contribution in [2.75, 3.05) is 19.8 Å². The fourth-order valence-corrected chi connectivity index (χ4v) is 3.41. The molecule has 3 aromatic rings. The largest absolute Gasteiger partial charge is 0.492 e. The van der Waals surface area contributed by atoms with Gasteiger partial charge in [0.15, 0.2) is 0 Å². The first-order valence-corrected chi connectivity index (χ1v) is 11.8. The van der Waals surface area contributed by atoms with Crippen LogP contribution in [-0.4, -0.2) is 31.8 Å². The summed E-state index contributed by atoms with van der Waals surface area (Å²) in [7, 11) is 0. The molecule has 0 aliphatic rings. The highest BCUT2D eigenvalue weighted by molar-refractivity contribution is 9.10. The van der Waals surface area contributed by atoms with Gasteiger partial charge in [-0.2, -0.15) is 0 Å². The minimum absolute atomic E-state index is 0.0568. The molecule has 0 heterocycles. The van der Waals surface area contributed by atoms with Crippen LogP contribution in [0.25, 0.3) is 0 Å². The van der Waals surface area contributed by atoms with E-state index in [2.05, 4.69) is 29.8 Å². The van der Waals surface area contributed by atoms with Gasteiger partial charge in [0.25, 0.3) is 0 Å². The molecule has 0 bridgehead atoms. The summed E-state index contributed by atoms with van der Waals surface area (Å²) in [5, 5.41) is 0. The van der Waals surface area contributed by atoms with E-state index in [-0.39, 0.29) is 24.5 Å². The van der Waals surface area contributed by atoms with E-state index in [9.17, 15) is 9.59 Å². The zero-order valence-electron chi connectivity index (χ0n) is 19.2. The molecule has 0 aliphatic carbocycles. The number of ether oxygens (including phenoxy) is 4. The number of benzene rings is 3. The maximum atomic E-state index is 12.7. The Morgan fingerprint density at radius 3 is 2.26 bits per heavy atom. The first kappa shape index (κ1) is 25.3. The van der Waals surface area contributed by atoms with Crippen molar-refractivity contribution in [2.24, 2.45) is 5.92 Å². The van der Waals surface area contributed by atoms with Gasteiger partial charge >= 0.3 is 11.9 Å². The lowest BCUT2D eigenvalue weighted by atomic mass is 10.1. The topological polar surface area (TPSA) is 71.1 Å². The van der Waals surface area contributed by atoms with E-state index < -0.39 is 11.9 Å². The summed E-state index contributed by atoms with van der Waals surface area (Å²) in [5.41, 5.74) is 0.478. The second kappa shape index (κ2) is 12.8. The molecule has 0 spiro atoms. The molecule has 0 amide bonds. The van der Waals surface area contributed by atoms with Gasteiger partial charge in [-0.05, 0) is 70.7 Å². The van der Waals surface area contributed by atoms with Crippen LogP contribution in [-0.2, 0) is 4.74 Å². The van der Waals surface area contributed by atoms with Gasteiger partial charge in [0.2, 0.25) is 0 Å². The Hall–Kier alpha value is -3.32. The third kappa shape index (κ3) is 7.63. The molecular formula is C27H27BrO6. The van der Waals surface area contributed by atoms with Crippen LogP contribution in [0.15, 0.2) is 77.3 Å². The Morgan fingerprint density at radius 1 is 0.794 bits per heavy atom. The van der Waals surface area contributed by atoms with Gasteiger partial charge in [0, 0.05) is 0 Å². The quantitative estimate of drug-likeness (QED) is 0.165. The van der Waals surface area contributed by atoms with Crippen LogP contribution in [0.5, 0.6) is 17.2 Å². The summed E-state index contributed by atoms with van der Waals surface area (Å²) >= 11 is 3.44. The fraction of sp³-hybridized carbons (Fsp3) is 0.259. The molecule has 7 heteroatoms. The van der Waals surface area contributed by atoms with Crippen LogP contribution in [0, 0.1) is 5.92 Å². The van der Waals surface area contributed by atoms with E-state index >= 15 is 0 Å². The van der Waals surface area contributed by atoms with Crippen molar-refractivity contribution in [1.29, 1.82) is 0 Å². The fourth-order valence-electron chi connectivity index (χ4n) is 2.92. The maximum absolute atomic E-state index is 12.7. The number of carbonyl (C=O) groups excluding carboxylic acids is 2. The molecule has 34 heavy (non-hydrogen) atoms. The molecule has 0 atom stereocenters. The minimum Gasteiger partial charge on any atom is -0.492 e. The minimum atomic E-state index is -0.602. The number of para-hydroxylation sites is 2. The average Bonchev–Trinajstić information content (AvgIpc) is 2.83. The van der Waals surface area contributed by atoms with Gasteiger partial charge < -0.3 is 18.9 Å². The van der Waals surface area contributed by atoms with Crippen LogP contribution in [0.1, 0.15) is 41.0 Å². The first-order chi connectivity index (χ1) is 16.4. The number of esters is 2. The second-order valence-corrected chi connectivity index (χ2v) is 8.71. The zero-order chi connectivity index (χ0) is 24.3. The lowest BCUT2D eigenvalue weighted by Gasteiger charge is -2.12. The highest BCUT2D eigenvalue weighted by atomic mass is 79.9. The van der Waals surface area contributed by atoms with Gasteiger partial charge in [-0.15, -0.1) is 0 Å². The first-order valence-electron chi connectivity index (χ1n) is 11.0. The molecule has 0 unspecified atom stereocenters. The molecule has 0 saturated heterocycles. The molecule has 178 valence electrons.